The third-order valence-corrected chi connectivity index (χ3v) is 2.04. The van der Waals surface area contributed by atoms with Gasteiger partial charge in [-0.05, 0) is 6.42 Å². The highest BCUT2D eigenvalue weighted by molar-refractivity contribution is 5.90. The second-order valence-corrected chi connectivity index (χ2v) is 3.27. The zero-order valence-electron chi connectivity index (χ0n) is 10.3. The summed E-state index contributed by atoms with van der Waals surface area (Å²) in [6.45, 7) is 5.13. The van der Waals surface area contributed by atoms with Crippen LogP contribution in [-0.2, 0) is 0 Å². The number of ketones is 1. The van der Waals surface area contributed by atoms with Crippen LogP contribution in [-0.4, -0.2) is 43.8 Å². The fourth-order valence-corrected chi connectivity index (χ4v) is 1.16. The third-order valence-electron chi connectivity index (χ3n) is 2.04. The SMILES string of the molecule is CC.CC(=O)c1ncc(C(O)C(O)CCO)[nH]1. The number of hydrogen-bond acceptors (Lipinski definition) is 5. The molecular weight excluding hydrogens is 224 g/mol. The summed E-state index contributed by atoms with van der Waals surface area (Å²) in [5.74, 6) is -0.106. The number of H-pyrrole nitrogens is 1. The molecular formula is C11H20N2O4. The number of imidazole rings is 1. The highest BCUT2D eigenvalue weighted by Crippen LogP contribution is 2.16. The number of Topliss-reactive ketones (excluding diaryl/α,β-unsaturated/α-hetero) is 1. The molecule has 2 unspecified atom stereocenters. The van der Waals surface area contributed by atoms with E-state index in [2.05, 4.69) is 9.97 Å². The zero-order valence-corrected chi connectivity index (χ0v) is 10.3. The maximum absolute atomic E-state index is 10.9. The molecule has 0 bridgehead atoms. The fourth-order valence-electron chi connectivity index (χ4n) is 1.16. The van der Waals surface area contributed by atoms with Crippen LogP contribution in [0.25, 0.3) is 0 Å². The minimum Gasteiger partial charge on any atom is -0.396 e. The number of aliphatic hydroxyl groups is 3. The highest BCUT2D eigenvalue weighted by Gasteiger charge is 2.20. The lowest BCUT2D eigenvalue weighted by Gasteiger charge is -2.14. The monoisotopic (exact) mass is 244 g/mol. The van der Waals surface area contributed by atoms with Gasteiger partial charge in [0.15, 0.2) is 11.6 Å². The summed E-state index contributed by atoms with van der Waals surface area (Å²) in [4.78, 5) is 17.2. The quantitative estimate of drug-likeness (QED) is 0.561. The number of rotatable bonds is 5. The summed E-state index contributed by atoms with van der Waals surface area (Å²) in [7, 11) is 0. The Balaban J connectivity index is 0.00000121. The minimum absolute atomic E-state index is 0.0651. The van der Waals surface area contributed by atoms with Gasteiger partial charge >= 0.3 is 0 Å². The van der Waals surface area contributed by atoms with Crippen LogP contribution in [0.15, 0.2) is 6.20 Å². The molecule has 0 radical (unpaired) electrons. The second kappa shape index (κ2) is 7.94. The van der Waals surface area contributed by atoms with Crippen LogP contribution in [0, 0.1) is 0 Å². The van der Waals surface area contributed by atoms with Gasteiger partial charge in [0, 0.05) is 13.5 Å². The van der Waals surface area contributed by atoms with E-state index in [0.717, 1.165) is 0 Å². The summed E-state index contributed by atoms with van der Waals surface area (Å²) < 4.78 is 0. The van der Waals surface area contributed by atoms with Crippen molar-refractivity contribution in [1.82, 2.24) is 9.97 Å². The molecule has 0 aliphatic carbocycles. The largest absolute Gasteiger partial charge is 0.396 e. The van der Waals surface area contributed by atoms with E-state index < -0.39 is 12.2 Å². The molecule has 6 nitrogen and oxygen atoms in total. The third kappa shape index (κ3) is 4.64. The van der Waals surface area contributed by atoms with Crippen LogP contribution < -0.4 is 0 Å². The first-order chi connectivity index (χ1) is 8.06. The molecule has 0 aliphatic heterocycles. The van der Waals surface area contributed by atoms with Gasteiger partial charge in [-0.15, -0.1) is 0 Å². The molecule has 0 aliphatic rings. The Kier molecular flexibility index (Phi) is 7.36. The molecule has 0 saturated heterocycles. The Morgan fingerprint density at radius 1 is 1.47 bits per heavy atom. The molecule has 1 aromatic rings. The van der Waals surface area contributed by atoms with Gasteiger partial charge in [0.1, 0.15) is 6.10 Å². The normalized spacial score (nSPS) is 13.5. The van der Waals surface area contributed by atoms with Crippen molar-refractivity contribution in [3.8, 4) is 0 Å². The first-order valence-electron chi connectivity index (χ1n) is 5.59. The van der Waals surface area contributed by atoms with Crippen molar-refractivity contribution in [3.63, 3.8) is 0 Å². The average molecular weight is 244 g/mol. The van der Waals surface area contributed by atoms with Crippen molar-refractivity contribution in [2.75, 3.05) is 6.61 Å². The lowest BCUT2D eigenvalue weighted by molar-refractivity contribution is 0.00208. The number of aliphatic hydroxyl groups excluding tert-OH is 3. The van der Waals surface area contributed by atoms with Crippen LogP contribution in [0.3, 0.4) is 0 Å². The van der Waals surface area contributed by atoms with Crippen molar-refractivity contribution < 1.29 is 20.1 Å². The Morgan fingerprint density at radius 2 is 2.06 bits per heavy atom. The Bertz CT molecular complexity index is 338. The smallest absolute Gasteiger partial charge is 0.194 e. The lowest BCUT2D eigenvalue weighted by Crippen LogP contribution is -2.19. The topological polar surface area (TPSA) is 106 Å². The van der Waals surface area contributed by atoms with Gasteiger partial charge in [0.25, 0.3) is 0 Å². The molecule has 2 atom stereocenters. The number of aromatic amines is 1. The van der Waals surface area contributed by atoms with E-state index in [0.29, 0.717) is 0 Å². The summed E-state index contributed by atoms with van der Waals surface area (Å²) in [5.41, 5.74) is 0.265. The van der Waals surface area contributed by atoms with Gasteiger partial charge in [-0.2, -0.15) is 0 Å². The summed E-state index contributed by atoms with van der Waals surface area (Å²) in [5, 5.41) is 27.5. The van der Waals surface area contributed by atoms with Crippen molar-refractivity contribution in [2.24, 2.45) is 0 Å². The maximum Gasteiger partial charge on any atom is 0.194 e. The van der Waals surface area contributed by atoms with E-state index in [4.69, 9.17) is 5.11 Å². The Labute approximate surface area is 100 Å². The maximum atomic E-state index is 10.9. The van der Waals surface area contributed by atoms with Gasteiger partial charge in [0.2, 0.25) is 0 Å². The van der Waals surface area contributed by atoms with Crippen LogP contribution >= 0.6 is 0 Å². The van der Waals surface area contributed by atoms with E-state index in [1.54, 1.807) is 0 Å². The number of carbonyl (C=O) groups is 1. The molecule has 6 heteroatoms. The molecule has 0 spiro atoms. The number of hydrogen-bond donors (Lipinski definition) is 4. The molecule has 98 valence electrons. The summed E-state index contributed by atoms with van der Waals surface area (Å²) in [6, 6.07) is 0. The predicted octanol–water partition coefficient (Wildman–Crippen LogP) is 0.415. The Morgan fingerprint density at radius 3 is 2.47 bits per heavy atom. The first-order valence-corrected chi connectivity index (χ1v) is 5.59. The Hall–Kier alpha value is -1.24. The number of nitrogens with one attached hydrogen (secondary N) is 1. The van der Waals surface area contributed by atoms with Gasteiger partial charge in [-0.25, -0.2) is 4.98 Å². The second-order valence-electron chi connectivity index (χ2n) is 3.27. The summed E-state index contributed by atoms with van der Waals surface area (Å²) >= 11 is 0. The summed E-state index contributed by atoms with van der Waals surface area (Å²) in [6.07, 6.45) is -0.884. The van der Waals surface area contributed by atoms with Crippen LogP contribution in [0.1, 0.15) is 49.6 Å². The van der Waals surface area contributed by atoms with Crippen molar-refractivity contribution >= 4 is 5.78 Å². The van der Waals surface area contributed by atoms with E-state index >= 15 is 0 Å². The predicted molar refractivity (Wildman–Crippen MR) is 62.6 cm³/mol. The molecule has 0 amide bonds. The molecule has 1 aromatic heterocycles. The zero-order chi connectivity index (χ0) is 13.4. The van der Waals surface area contributed by atoms with Gasteiger partial charge in [-0.3, -0.25) is 4.79 Å². The first kappa shape index (κ1) is 15.8. The number of aromatic nitrogens is 2. The molecule has 0 fully saturated rings. The van der Waals surface area contributed by atoms with E-state index in [1.807, 2.05) is 13.8 Å². The van der Waals surface area contributed by atoms with Crippen molar-refractivity contribution in [2.45, 2.75) is 39.4 Å². The van der Waals surface area contributed by atoms with Gasteiger partial charge < -0.3 is 20.3 Å². The molecule has 1 rings (SSSR count). The van der Waals surface area contributed by atoms with Gasteiger partial charge in [-0.1, -0.05) is 13.8 Å². The van der Waals surface area contributed by atoms with E-state index in [1.165, 1.54) is 13.1 Å². The molecule has 17 heavy (non-hydrogen) atoms. The standard InChI is InChI=1S/C9H14N2O4.C2H6/c1-5(13)9-10-4-6(11-9)8(15)7(14)2-3-12;1-2/h4,7-8,12,14-15H,2-3H2,1H3,(H,10,11);1-2H3. The molecule has 0 saturated carbocycles. The minimum atomic E-state index is -1.17. The molecule has 0 aromatic carbocycles. The average Bonchev–Trinajstić information content (AvgIpc) is 2.80. The van der Waals surface area contributed by atoms with Crippen molar-refractivity contribution in [1.29, 1.82) is 0 Å². The van der Waals surface area contributed by atoms with Crippen LogP contribution in [0.4, 0.5) is 0 Å². The molecule has 1 heterocycles. The number of carbonyl (C=O) groups excluding carboxylic acids is 1. The molecule has 4 N–H and O–H groups in total. The van der Waals surface area contributed by atoms with Crippen molar-refractivity contribution in [3.05, 3.63) is 17.7 Å². The highest BCUT2D eigenvalue weighted by atomic mass is 16.3. The van der Waals surface area contributed by atoms with E-state index in [9.17, 15) is 15.0 Å². The number of nitrogens with zero attached hydrogens (tertiary/aromatic N) is 1. The van der Waals surface area contributed by atoms with Gasteiger partial charge in [0.05, 0.1) is 18.0 Å². The van der Waals surface area contributed by atoms with Crippen LogP contribution in [0.5, 0.6) is 0 Å². The lowest BCUT2D eigenvalue weighted by atomic mass is 10.1. The van der Waals surface area contributed by atoms with E-state index in [-0.39, 0.29) is 30.3 Å². The fraction of sp³-hybridized carbons (Fsp3) is 0.636. The van der Waals surface area contributed by atoms with Crippen LogP contribution in [0.2, 0.25) is 0 Å².